The number of ether oxygens (including phenoxy) is 2. The zero-order valence-corrected chi connectivity index (χ0v) is 14.1. The fourth-order valence-corrected chi connectivity index (χ4v) is 2.19. The summed E-state index contributed by atoms with van der Waals surface area (Å²) < 4.78 is 41.8. The van der Waals surface area contributed by atoms with Crippen molar-refractivity contribution in [1.82, 2.24) is 5.32 Å². The first kappa shape index (κ1) is 19.1. The van der Waals surface area contributed by atoms with Gasteiger partial charge >= 0.3 is 5.97 Å². The third kappa shape index (κ3) is 3.71. The highest BCUT2D eigenvalue weighted by atomic mass is 19.1. The van der Waals surface area contributed by atoms with Gasteiger partial charge in [0.2, 0.25) is 11.2 Å². The summed E-state index contributed by atoms with van der Waals surface area (Å²) in [7, 11) is 2.19. The zero-order chi connectivity index (χ0) is 19.4. The third-order valence-electron chi connectivity index (χ3n) is 3.48. The number of halogens is 2. The number of nitrogens with one attached hydrogen (secondary N) is 1. The van der Waals surface area contributed by atoms with Crippen LogP contribution in [0.2, 0.25) is 0 Å². The summed E-state index contributed by atoms with van der Waals surface area (Å²) >= 11 is 0. The summed E-state index contributed by atoms with van der Waals surface area (Å²) in [5.41, 5.74) is -1.39. The van der Waals surface area contributed by atoms with Gasteiger partial charge in [-0.25, -0.2) is 13.6 Å². The Hall–Kier alpha value is -3.23. The molecule has 0 radical (unpaired) electrons. The fourth-order valence-electron chi connectivity index (χ4n) is 2.19. The molecule has 138 valence electrons. The molecule has 26 heavy (non-hydrogen) atoms. The maximum atomic E-state index is 13.8. The highest BCUT2D eigenvalue weighted by Crippen LogP contribution is 2.17. The molecule has 1 amide bonds. The summed E-state index contributed by atoms with van der Waals surface area (Å²) in [6, 6.07) is 2.24. The lowest BCUT2D eigenvalue weighted by molar-refractivity contribution is 0.0554. The number of amides is 1. The van der Waals surface area contributed by atoms with E-state index in [9.17, 15) is 23.2 Å². The second kappa shape index (κ2) is 7.77. The lowest BCUT2D eigenvalue weighted by Crippen LogP contribution is -2.30. The number of aryl methyl sites for hydroxylation is 1. The first-order chi connectivity index (χ1) is 12.3. The number of methoxy groups -OCH3 is 2. The van der Waals surface area contributed by atoms with Gasteiger partial charge in [-0.05, 0) is 24.6 Å². The third-order valence-corrected chi connectivity index (χ3v) is 3.48. The van der Waals surface area contributed by atoms with Crippen LogP contribution in [-0.2, 0) is 11.3 Å². The molecule has 0 aliphatic rings. The maximum Gasteiger partial charge on any atom is 0.378 e. The molecule has 7 nitrogen and oxygen atoms in total. The molecule has 0 fully saturated rings. The SMILES string of the molecule is COC(=O)c1occ(C(=O)NCc2c(F)cc(C)cc2F)c(=O)c1OC. The smallest absolute Gasteiger partial charge is 0.378 e. The van der Waals surface area contributed by atoms with E-state index in [1.165, 1.54) is 6.92 Å². The molecular weight excluding hydrogens is 352 g/mol. The van der Waals surface area contributed by atoms with Gasteiger partial charge in [0.15, 0.2) is 0 Å². The van der Waals surface area contributed by atoms with E-state index >= 15 is 0 Å². The molecule has 9 heteroatoms. The molecule has 1 N–H and O–H groups in total. The van der Waals surface area contributed by atoms with Crippen molar-refractivity contribution in [3.8, 4) is 5.75 Å². The Morgan fingerprint density at radius 1 is 1.19 bits per heavy atom. The van der Waals surface area contributed by atoms with Crippen molar-refractivity contribution >= 4 is 11.9 Å². The Bertz CT molecular complexity index is 899. The normalized spacial score (nSPS) is 10.3. The van der Waals surface area contributed by atoms with E-state index in [0.717, 1.165) is 32.6 Å². The van der Waals surface area contributed by atoms with E-state index in [1.807, 2.05) is 0 Å². The predicted octanol–water partition coefficient (Wildman–Crippen LogP) is 1.95. The number of rotatable bonds is 5. The van der Waals surface area contributed by atoms with Crippen molar-refractivity contribution in [1.29, 1.82) is 0 Å². The lowest BCUT2D eigenvalue weighted by atomic mass is 10.1. The average molecular weight is 367 g/mol. The fraction of sp³-hybridized carbons (Fsp3) is 0.235. The van der Waals surface area contributed by atoms with Crippen LogP contribution in [0.25, 0.3) is 0 Å². The predicted molar refractivity (Wildman–Crippen MR) is 85.1 cm³/mol. The van der Waals surface area contributed by atoms with Crippen LogP contribution in [0.4, 0.5) is 8.78 Å². The van der Waals surface area contributed by atoms with Crippen molar-refractivity contribution in [2.75, 3.05) is 14.2 Å². The number of benzene rings is 1. The number of carbonyl (C=O) groups is 2. The standard InChI is InChI=1S/C17H15F2NO6/c1-8-4-11(18)9(12(19)5-8)6-20-16(22)10-7-26-15(17(23)25-3)14(24-2)13(10)21/h4-5,7H,6H2,1-3H3,(H,20,22). The first-order valence-electron chi connectivity index (χ1n) is 7.31. The lowest BCUT2D eigenvalue weighted by Gasteiger charge is -2.09. The van der Waals surface area contributed by atoms with Gasteiger partial charge in [-0.2, -0.15) is 0 Å². The Morgan fingerprint density at radius 2 is 1.81 bits per heavy atom. The molecule has 0 bridgehead atoms. The minimum atomic E-state index is -0.963. The van der Waals surface area contributed by atoms with Gasteiger partial charge < -0.3 is 19.2 Å². The van der Waals surface area contributed by atoms with Crippen molar-refractivity contribution in [3.63, 3.8) is 0 Å². The van der Waals surface area contributed by atoms with Crippen LogP contribution in [0, 0.1) is 18.6 Å². The van der Waals surface area contributed by atoms with Gasteiger partial charge in [0, 0.05) is 12.1 Å². The van der Waals surface area contributed by atoms with Crippen molar-refractivity contribution < 1.29 is 32.3 Å². The zero-order valence-electron chi connectivity index (χ0n) is 14.1. The summed E-state index contributed by atoms with van der Waals surface area (Å²) in [6.45, 7) is 1.03. The van der Waals surface area contributed by atoms with Crippen LogP contribution in [0.5, 0.6) is 5.75 Å². The molecule has 0 saturated carbocycles. The van der Waals surface area contributed by atoms with E-state index in [4.69, 9.17) is 9.15 Å². The molecule has 0 spiro atoms. The van der Waals surface area contributed by atoms with Gasteiger partial charge in [0.25, 0.3) is 11.7 Å². The Balaban J connectivity index is 2.28. The van der Waals surface area contributed by atoms with Gasteiger partial charge in [0.05, 0.1) is 14.2 Å². The van der Waals surface area contributed by atoms with E-state index in [1.54, 1.807) is 0 Å². The topological polar surface area (TPSA) is 94.8 Å². The van der Waals surface area contributed by atoms with Gasteiger partial charge in [-0.1, -0.05) is 0 Å². The minimum Gasteiger partial charge on any atom is -0.489 e. The molecule has 0 aliphatic carbocycles. The Labute approximate surface area is 146 Å². The maximum absolute atomic E-state index is 13.8. The molecule has 0 unspecified atom stereocenters. The van der Waals surface area contributed by atoms with Crippen LogP contribution in [-0.4, -0.2) is 26.1 Å². The van der Waals surface area contributed by atoms with Gasteiger partial charge in [-0.3, -0.25) is 9.59 Å². The molecule has 0 atom stereocenters. The second-order valence-electron chi connectivity index (χ2n) is 5.22. The van der Waals surface area contributed by atoms with E-state index in [2.05, 4.69) is 10.1 Å². The number of carbonyl (C=O) groups excluding carboxylic acids is 2. The number of hydrogen-bond donors (Lipinski definition) is 1. The number of hydrogen-bond acceptors (Lipinski definition) is 6. The quantitative estimate of drug-likeness (QED) is 0.812. The summed E-state index contributed by atoms with van der Waals surface area (Å²) in [6.07, 6.45) is 0.744. The molecule has 1 aromatic heterocycles. The summed E-state index contributed by atoms with van der Waals surface area (Å²) in [5.74, 6) is -4.59. The molecular formula is C17H15F2NO6. The van der Waals surface area contributed by atoms with Gasteiger partial charge in [-0.15, -0.1) is 0 Å². The first-order valence-corrected chi connectivity index (χ1v) is 7.31. The Kier molecular flexibility index (Phi) is 5.71. The average Bonchev–Trinajstić information content (AvgIpc) is 2.59. The molecule has 1 aromatic carbocycles. The van der Waals surface area contributed by atoms with Crippen molar-refractivity contribution in [3.05, 3.63) is 62.7 Å². The van der Waals surface area contributed by atoms with Crippen LogP contribution in [0.1, 0.15) is 32.0 Å². The highest BCUT2D eigenvalue weighted by Gasteiger charge is 2.24. The van der Waals surface area contributed by atoms with Crippen LogP contribution in [0.3, 0.4) is 0 Å². The highest BCUT2D eigenvalue weighted by molar-refractivity contribution is 5.95. The largest absolute Gasteiger partial charge is 0.489 e. The second-order valence-corrected chi connectivity index (χ2v) is 5.22. The van der Waals surface area contributed by atoms with Crippen LogP contribution >= 0.6 is 0 Å². The van der Waals surface area contributed by atoms with Gasteiger partial charge in [0.1, 0.15) is 23.5 Å². The van der Waals surface area contributed by atoms with Crippen LogP contribution in [0.15, 0.2) is 27.6 Å². The molecule has 2 rings (SSSR count). The molecule has 2 aromatic rings. The Morgan fingerprint density at radius 3 is 2.35 bits per heavy atom. The monoisotopic (exact) mass is 367 g/mol. The van der Waals surface area contributed by atoms with E-state index in [-0.39, 0.29) is 5.56 Å². The molecule has 1 heterocycles. The minimum absolute atomic E-state index is 0.355. The molecule has 0 aliphatic heterocycles. The van der Waals surface area contributed by atoms with E-state index in [0.29, 0.717) is 5.56 Å². The van der Waals surface area contributed by atoms with Crippen molar-refractivity contribution in [2.45, 2.75) is 13.5 Å². The summed E-state index contributed by atoms with van der Waals surface area (Å²) in [5, 5.41) is 2.22. The van der Waals surface area contributed by atoms with E-state index < -0.39 is 52.6 Å². The molecule has 0 saturated heterocycles. The number of esters is 1. The van der Waals surface area contributed by atoms with Crippen molar-refractivity contribution in [2.24, 2.45) is 0 Å². The van der Waals surface area contributed by atoms with Crippen LogP contribution < -0.4 is 15.5 Å². The summed E-state index contributed by atoms with van der Waals surface area (Å²) in [4.78, 5) is 36.0.